The number of aryl methyl sites for hydroxylation is 2. The van der Waals surface area contributed by atoms with Gasteiger partial charge in [0, 0.05) is 18.1 Å². The number of ether oxygens (including phenoxy) is 1. The van der Waals surface area contributed by atoms with Gasteiger partial charge in [0.25, 0.3) is 20.0 Å². The molecule has 1 amide bonds. The highest BCUT2D eigenvalue weighted by atomic mass is 32.3. The number of carboxylic acid groups (broad SMARTS) is 1. The van der Waals surface area contributed by atoms with E-state index in [0.717, 1.165) is 16.0 Å². The van der Waals surface area contributed by atoms with Crippen LogP contribution < -0.4 is 24.7 Å². The van der Waals surface area contributed by atoms with E-state index in [1.165, 1.54) is 79.8 Å². The van der Waals surface area contributed by atoms with Crippen molar-refractivity contribution in [1.29, 1.82) is 0 Å². The van der Waals surface area contributed by atoms with Crippen LogP contribution in [0.4, 0.5) is 16.2 Å². The molecule has 6 aromatic rings. The number of fused-ring (bicyclic) bond motifs is 1. The van der Waals surface area contributed by atoms with E-state index in [0.29, 0.717) is 14.8 Å². The van der Waals surface area contributed by atoms with Gasteiger partial charge in [0.05, 0.1) is 21.0 Å². The standard InChI is InChI=1S/C40H35N3O10S2/c1-25-8-17-32(18-9-25)54(48,49)43(30-14-21-37-28(23-30)24-35(39(46)53-37)34-7-5-4-6-26(34)2)55(50,51)33-19-12-29(13-20-33)42(3)40(47)52-31-15-10-27(11-16-31)22-36(41)38(44)45/h4-21,23-24,36H,22,41H2,1-3H3,(H,44,45)/t36-/m0/s1. The molecule has 0 radical (unpaired) electrons. The molecule has 55 heavy (non-hydrogen) atoms. The van der Waals surface area contributed by atoms with Crippen molar-refractivity contribution < 1.29 is 40.7 Å². The average molecular weight is 782 g/mol. The average Bonchev–Trinajstić information content (AvgIpc) is 3.15. The van der Waals surface area contributed by atoms with Crippen molar-refractivity contribution in [2.45, 2.75) is 36.1 Å². The van der Waals surface area contributed by atoms with Crippen LogP contribution in [0.3, 0.4) is 0 Å². The first-order chi connectivity index (χ1) is 26.1. The zero-order valence-corrected chi connectivity index (χ0v) is 31.4. The normalized spacial score (nSPS) is 12.2. The molecule has 0 saturated carbocycles. The third-order valence-corrected chi connectivity index (χ3v) is 13.0. The Hall–Kier alpha value is -6.29. The molecule has 6 rings (SSSR count). The summed E-state index contributed by atoms with van der Waals surface area (Å²) < 4.78 is 68.8. The molecule has 0 bridgehead atoms. The molecule has 0 unspecified atom stereocenters. The number of carbonyl (C=O) groups is 2. The minimum Gasteiger partial charge on any atom is -0.480 e. The maximum atomic E-state index is 14.5. The van der Waals surface area contributed by atoms with Gasteiger partial charge in [0.2, 0.25) is 0 Å². The summed E-state index contributed by atoms with van der Waals surface area (Å²) in [6.45, 7) is 3.59. The van der Waals surface area contributed by atoms with Crippen LogP contribution in [0.1, 0.15) is 16.7 Å². The maximum absolute atomic E-state index is 14.5. The fraction of sp³-hybridized carbons (Fsp3) is 0.125. The maximum Gasteiger partial charge on any atom is 0.419 e. The Balaban J connectivity index is 1.34. The quantitative estimate of drug-likeness (QED) is 0.141. The third kappa shape index (κ3) is 7.99. The number of hydrogen-bond acceptors (Lipinski definition) is 10. The van der Waals surface area contributed by atoms with Crippen molar-refractivity contribution in [3.05, 3.63) is 148 Å². The molecule has 0 fully saturated rings. The highest BCUT2D eigenvalue weighted by molar-refractivity contribution is 8.10. The highest BCUT2D eigenvalue weighted by Crippen LogP contribution is 2.34. The van der Waals surface area contributed by atoms with Crippen LogP contribution in [-0.2, 0) is 31.3 Å². The molecule has 1 atom stereocenters. The SMILES string of the molecule is Cc1ccc(S(=O)(=O)N(c2ccc3oc(=O)c(-c4ccccc4C)cc3c2)S(=O)(=O)c2ccc(N(C)C(=O)Oc3ccc(C[C@H](N)C(=O)O)cc3)cc2)cc1. The van der Waals surface area contributed by atoms with Crippen LogP contribution in [0.25, 0.3) is 22.1 Å². The highest BCUT2D eigenvalue weighted by Gasteiger charge is 2.37. The first-order valence-corrected chi connectivity index (χ1v) is 19.6. The Morgan fingerprint density at radius 2 is 1.35 bits per heavy atom. The van der Waals surface area contributed by atoms with Crippen molar-refractivity contribution in [3.8, 4) is 16.9 Å². The van der Waals surface area contributed by atoms with Crippen LogP contribution in [0.15, 0.2) is 140 Å². The summed E-state index contributed by atoms with van der Waals surface area (Å²) >= 11 is 0. The molecule has 282 valence electrons. The summed E-state index contributed by atoms with van der Waals surface area (Å²) in [5.74, 6) is -0.976. The van der Waals surface area contributed by atoms with Crippen molar-refractivity contribution >= 4 is 54.5 Å². The number of nitrogens with zero attached hydrogens (tertiary/aromatic N) is 2. The Morgan fingerprint density at radius 3 is 1.95 bits per heavy atom. The predicted molar refractivity (Wildman–Crippen MR) is 207 cm³/mol. The molecule has 0 spiro atoms. The molecule has 0 aliphatic carbocycles. The predicted octanol–water partition coefficient (Wildman–Crippen LogP) is 6.25. The van der Waals surface area contributed by atoms with E-state index in [2.05, 4.69) is 0 Å². The van der Waals surface area contributed by atoms with E-state index in [1.807, 2.05) is 19.1 Å². The summed E-state index contributed by atoms with van der Waals surface area (Å²) in [6, 6.07) is 28.3. The van der Waals surface area contributed by atoms with Crippen LogP contribution in [-0.4, -0.2) is 47.1 Å². The zero-order valence-electron chi connectivity index (χ0n) is 29.7. The van der Waals surface area contributed by atoms with Gasteiger partial charge >= 0.3 is 17.7 Å². The van der Waals surface area contributed by atoms with Gasteiger partial charge in [-0.3, -0.25) is 9.69 Å². The number of carbonyl (C=O) groups excluding carboxylic acids is 1. The lowest BCUT2D eigenvalue weighted by Crippen LogP contribution is -2.37. The second-order valence-corrected chi connectivity index (χ2v) is 16.5. The minimum atomic E-state index is -4.87. The summed E-state index contributed by atoms with van der Waals surface area (Å²) in [6.07, 6.45) is -0.738. The Kier molecular flexibility index (Phi) is 10.6. The van der Waals surface area contributed by atoms with E-state index in [4.69, 9.17) is 20.0 Å². The summed E-state index contributed by atoms with van der Waals surface area (Å²) in [4.78, 5) is 37.5. The van der Waals surface area contributed by atoms with E-state index in [1.54, 1.807) is 43.3 Å². The largest absolute Gasteiger partial charge is 0.480 e. The molecule has 0 saturated heterocycles. The summed E-state index contributed by atoms with van der Waals surface area (Å²) in [5, 5.41) is 9.32. The number of anilines is 2. The van der Waals surface area contributed by atoms with Crippen molar-refractivity contribution in [2.24, 2.45) is 5.73 Å². The summed E-state index contributed by atoms with van der Waals surface area (Å²) in [5.41, 5.74) is 8.08. The Bertz CT molecular complexity index is 2700. The minimum absolute atomic E-state index is 0.0797. The molecule has 15 heteroatoms. The van der Waals surface area contributed by atoms with Gasteiger partial charge in [0.15, 0.2) is 0 Å². The van der Waals surface area contributed by atoms with Crippen LogP contribution in [0, 0.1) is 13.8 Å². The number of sulfonamides is 2. The lowest BCUT2D eigenvalue weighted by Gasteiger charge is -2.25. The number of hydrogen-bond donors (Lipinski definition) is 2. The molecule has 13 nitrogen and oxygen atoms in total. The molecule has 1 aromatic heterocycles. The molecule has 0 aliphatic heterocycles. The number of carboxylic acids is 1. The first kappa shape index (κ1) is 38.4. The molecule has 5 aromatic carbocycles. The fourth-order valence-electron chi connectivity index (χ4n) is 5.75. The van der Waals surface area contributed by atoms with Gasteiger partial charge < -0.3 is 20.0 Å². The van der Waals surface area contributed by atoms with Crippen molar-refractivity contribution in [3.63, 3.8) is 0 Å². The van der Waals surface area contributed by atoms with E-state index < -0.39 is 48.7 Å². The van der Waals surface area contributed by atoms with Crippen LogP contribution in [0.2, 0.25) is 0 Å². The van der Waals surface area contributed by atoms with Gasteiger partial charge in [-0.15, -0.1) is 0 Å². The number of aliphatic carboxylic acids is 1. The number of amides is 1. The van der Waals surface area contributed by atoms with E-state index in [-0.39, 0.29) is 45.0 Å². The molecule has 3 N–H and O–H groups in total. The lowest BCUT2D eigenvalue weighted by atomic mass is 10.0. The Labute approximate surface area is 316 Å². The third-order valence-electron chi connectivity index (χ3n) is 8.81. The second kappa shape index (κ2) is 15.2. The number of benzene rings is 5. The smallest absolute Gasteiger partial charge is 0.419 e. The topological polar surface area (TPSA) is 195 Å². The van der Waals surface area contributed by atoms with Gasteiger partial charge in [-0.05, 0) is 110 Å². The first-order valence-electron chi connectivity index (χ1n) is 16.7. The molecular formula is C40H35N3O10S2. The second-order valence-electron chi connectivity index (χ2n) is 12.7. The van der Waals surface area contributed by atoms with Gasteiger partial charge in [-0.1, -0.05) is 54.1 Å². The lowest BCUT2D eigenvalue weighted by molar-refractivity contribution is -0.138. The monoisotopic (exact) mass is 781 g/mol. The molecule has 1 heterocycles. The fourth-order valence-corrected chi connectivity index (χ4v) is 9.42. The molecule has 0 aliphatic rings. The van der Waals surface area contributed by atoms with Crippen molar-refractivity contribution in [1.82, 2.24) is 0 Å². The van der Waals surface area contributed by atoms with Crippen LogP contribution >= 0.6 is 0 Å². The Morgan fingerprint density at radius 1 is 0.764 bits per heavy atom. The number of nitrogens with two attached hydrogens (primary N) is 1. The van der Waals surface area contributed by atoms with Crippen LogP contribution in [0.5, 0.6) is 5.75 Å². The van der Waals surface area contributed by atoms with Gasteiger partial charge in [-0.25, -0.2) is 26.4 Å². The number of rotatable bonds is 11. The van der Waals surface area contributed by atoms with Gasteiger partial charge in [-0.2, -0.15) is 3.71 Å². The van der Waals surface area contributed by atoms with E-state index in [9.17, 15) is 31.2 Å². The van der Waals surface area contributed by atoms with Crippen molar-refractivity contribution in [2.75, 3.05) is 15.7 Å². The van der Waals surface area contributed by atoms with E-state index >= 15 is 0 Å². The zero-order chi connectivity index (χ0) is 39.7. The molecular weight excluding hydrogens is 747 g/mol. The summed E-state index contributed by atoms with van der Waals surface area (Å²) in [7, 11) is -8.25. The van der Waals surface area contributed by atoms with Gasteiger partial charge in [0.1, 0.15) is 17.4 Å².